The molecule has 3 aromatic rings. The van der Waals surface area contributed by atoms with Crippen LogP contribution in [0.15, 0.2) is 35.8 Å². The highest BCUT2D eigenvalue weighted by Gasteiger charge is 2.37. The van der Waals surface area contributed by atoms with Crippen molar-refractivity contribution < 1.29 is 28.6 Å². The van der Waals surface area contributed by atoms with E-state index in [9.17, 15) is 29.0 Å². The highest BCUT2D eigenvalue weighted by Crippen LogP contribution is 2.41. The van der Waals surface area contributed by atoms with Crippen LogP contribution in [-0.2, 0) is 11.4 Å². The molecule has 12 heteroatoms. The van der Waals surface area contributed by atoms with Crippen LogP contribution in [0, 0.1) is 18.6 Å². The number of pyridine rings is 1. The van der Waals surface area contributed by atoms with Gasteiger partial charge in [0.25, 0.3) is 0 Å². The van der Waals surface area contributed by atoms with E-state index in [1.807, 2.05) is 0 Å². The number of halogens is 3. The molecule has 1 fully saturated rings. The Balaban J connectivity index is 1.93. The van der Waals surface area contributed by atoms with Crippen LogP contribution in [0.2, 0.25) is 5.02 Å². The van der Waals surface area contributed by atoms with Crippen molar-refractivity contribution >= 4 is 45.8 Å². The summed E-state index contributed by atoms with van der Waals surface area (Å²) < 4.78 is 31.2. The summed E-state index contributed by atoms with van der Waals surface area (Å²) in [6, 6.07) is 1.96. The molecule has 4 rings (SSSR count). The second-order valence-corrected chi connectivity index (χ2v) is 9.80. The van der Waals surface area contributed by atoms with Crippen molar-refractivity contribution in [3.63, 3.8) is 0 Å². The third-order valence-electron chi connectivity index (χ3n) is 7.08. The maximum atomic E-state index is 15.8. The first-order valence-electron chi connectivity index (χ1n) is 12.0. The lowest BCUT2D eigenvalue weighted by Gasteiger charge is -2.46. The molecule has 1 aliphatic heterocycles. The number of carboxylic acids is 1. The quantitative estimate of drug-likeness (QED) is 0.283. The number of likely N-dealkylation sites (N-methyl/N-ethyl adjacent to an activating group) is 1. The Morgan fingerprint density at radius 2 is 1.97 bits per heavy atom. The number of carbonyl (C=O) groups excluding carboxylic acids is 1. The minimum absolute atomic E-state index is 0.0262. The molecular formula is C27H27ClF2N4O5. The molecule has 1 aromatic heterocycles. The minimum Gasteiger partial charge on any atom is -0.477 e. The van der Waals surface area contributed by atoms with Gasteiger partial charge in [-0.1, -0.05) is 17.7 Å². The first kappa shape index (κ1) is 28.1. The molecule has 1 saturated heterocycles. The van der Waals surface area contributed by atoms with Gasteiger partial charge in [-0.2, -0.15) is 0 Å². The number of carbonyl (C=O) groups is 2. The predicted molar refractivity (Wildman–Crippen MR) is 145 cm³/mol. The predicted octanol–water partition coefficient (Wildman–Crippen LogP) is 3.62. The number of benzene rings is 2. The number of allylic oxidation sites excluding steroid dienone is 1. The molecule has 9 nitrogen and oxygen atoms in total. The fraction of sp³-hybridized carbons (Fsp3) is 0.296. The van der Waals surface area contributed by atoms with E-state index in [4.69, 9.17) is 17.3 Å². The molecule has 0 saturated carbocycles. The molecule has 0 unspecified atom stereocenters. The van der Waals surface area contributed by atoms with Crippen LogP contribution in [0.25, 0.3) is 16.6 Å². The second-order valence-electron chi connectivity index (χ2n) is 9.42. The highest BCUT2D eigenvalue weighted by molar-refractivity contribution is 6.38. The number of nitrogen functional groups attached to an aromatic ring is 1. The molecule has 4 N–H and O–H groups in total. The van der Waals surface area contributed by atoms with Gasteiger partial charge in [-0.3, -0.25) is 9.59 Å². The number of hydrogen-bond acceptors (Lipinski definition) is 6. The number of nitrogens with zero attached hydrogens (tertiary/aromatic N) is 3. The number of aliphatic hydroxyl groups is 1. The number of aliphatic hydroxyl groups excluding tert-OH is 1. The fourth-order valence-electron chi connectivity index (χ4n) is 4.75. The van der Waals surface area contributed by atoms with E-state index < -0.39 is 35.2 Å². The first-order valence-corrected chi connectivity index (χ1v) is 12.4. The van der Waals surface area contributed by atoms with Gasteiger partial charge in [0.05, 0.1) is 45.6 Å². The zero-order valence-corrected chi connectivity index (χ0v) is 22.1. The molecule has 0 radical (unpaired) electrons. The number of aromatic nitrogens is 1. The lowest BCUT2D eigenvalue weighted by Crippen LogP contribution is -2.60. The van der Waals surface area contributed by atoms with Crippen molar-refractivity contribution in [2.45, 2.75) is 32.4 Å². The van der Waals surface area contributed by atoms with Gasteiger partial charge in [0.1, 0.15) is 11.4 Å². The maximum Gasteiger partial charge on any atom is 0.341 e. The summed E-state index contributed by atoms with van der Waals surface area (Å²) in [5.74, 6) is -3.26. The summed E-state index contributed by atoms with van der Waals surface area (Å²) in [7, 11) is 1.66. The minimum atomic E-state index is -1.56. The Bertz CT molecular complexity index is 1580. The fourth-order valence-corrected chi connectivity index (χ4v) is 5.14. The van der Waals surface area contributed by atoms with Crippen LogP contribution >= 0.6 is 11.6 Å². The van der Waals surface area contributed by atoms with Crippen LogP contribution in [0.3, 0.4) is 0 Å². The average molecular weight is 561 g/mol. The van der Waals surface area contributed by atoms with E-state index in [-0.39, 0.29) is 69.2 Å². The van der Waals surface area contributed by atoms with Gasteiger partial charge in [-0.15, -0.1) is 6.58 Å². The molecule has 0 spiro atoms. The van der Waals surface area contributed by atoms with Crippen LogP contribution in [-0.4, -0.2) is 57.7 Å². The number of aryl methyl sites for hydroxylation is 1. The molecule has 0 bridgehead atoms. The van der Waals surface area contributed by atoms with Crippen molar-refractivity contribution in [1.29, 1.82) is 0 Å². The monoisotopic (exact) mass is 560 g/mol. The normalized spacial score (nSPS) is 13.4. The van der Waals surface area contributed by atoms with Crippen LogP contribution < -0.4 is 16.1 Å². The van der Waals surface area contributed by atoms with Gasteiger partial charge in [0.15, 0.2) is 5.82 Å². The van der Waals surface area contributed by atoms with Gasteiger partial charge in [-0.25, -0.2) is 13.6 Å². The third kappa shape index (κ3) is 4.72. The summed E-state index contributed by atoms with van der Waals surface area (Å²) >= 11 is 6.76. The number of anilines is 2. The summed E-state index contributed by atoms with van der Waals surface area (Å²) in [6.45, 7) is 4.83. The molecule has 1 amide bonds. The van der Waals surface area contributed by atoms with E-state index in [1.165, 1.54) is 17.6 Å². The van der Waals surface area contributed by atoms with Gasteiger partial charge in [0, 0.05) is 43.9 Å². The Kier molecular flexibility index (Phi) is 7.67. The van der Waals surface area contributed by atoms with Crippen LogP contribution in [0.4, 0.5) is 20.2 Å². The lowest BCUT2D eigenvalue weighted by molar-refractivity contribution is -0.132. The van der Waals surface area contributed by atoms with Gasteiger partial charge in [0.2, 0.25) is 11.3 Å². The number of aromatic carboxylic acids is 1. The SMILES string of the molecule is C=CCCC(=O)N(C)C1CN(c2c(F)c(C)c3c(=O)c(C(=O)O)cn(-c4cc(N)c(F)cc4CO)c3c2Cl)C1. The molecule has 2 heterocycles. The van der Waals surface area contributed by atoms with Crippen LogP contribution in [0.5, 0.6) is 0 Å². The number of hydrogen-bond donors (Lipinski definition) is 3. The van der Waals surface area contributed by atoms with Gasteiger partial charge in [-0.05, 0) is 25.5 Å². The number of carboxylic acid groups (broad SMARTS) is 1. The zero-order valence-electron chi connectivity index (χ0n) is 21.3. The smallest absolute Gasteiger partial charge is 0.341 e. The molecule has 0 aliphatic carbocycles. The highest BCUT2D eigenvalue weighted by atomic mass is 35.5. The topological polar surface area (TPSA) is 129 Å². The number of fused-ring (bicyclic) bond motifs is 1. The molecule has 0 atom stereocenters. The second kappa shape index (κ2) is 10.7. The van der Waals surface area contributed by atoms with Crippen molar-refractivity contribution in [1.82, 2.24) is 9.47 Å². The summed E-state index contributed by atoms with van der Waals surface area (Å²) in [4.78, 5) is 40.7. The van der Waals surface area contributed by atoms with Crippen molar-refractivity contribution in [2.75, 3.05) is 30.8 Å². The van der Waals surface area contributed by atoms with E-state index in [1.54, 1.807) is 22.9 Å². The lowest BCUT2D eigenvalue weighted by atomic mass is 9.99. The first-order chi connectivity index (χ1) is 18.4. The summed E-state index contributed by atoms with van der Waals surface area (Å²) in [5.41, 5.74) is 3.76. The Labute approximate surface area is 227 Å². The Hall–Kier alpha value is -3.96. The van der Waals surface area contributed by atoms with Crippen molar-refractivity contribution in [3.05, 3.63) is 74.6 Å². The maximum absolute atomic E-state index is 15.8. The Morgan fingerprint density at radius 1 is 1.31 bits per heavy atom. The molecule has 2 aromatic carbocycles. The molecule has 206 valence electrons. The van der Waals surface area contributed by atoms with Gasteiger partial charge < -0.3 is 30.3 Å². The Morgan fingerprint density at radius 3 is 2.56 bits per heavy atom. The van der Waals surface area contributed by atoms with E-state index in [2.05, 4.69) is 6.58 Å². The van der Waals surface area contributed by atoms with Crippen molar-refractivity contribution in [3.8, 4) is 5.69 Å². The van der Waals surface area contributed by atoms with E-state index in [0.717, 1.165) is 12.3 Å². The number of amides is 1. The van der Waals surface area contributed by atoms with Crippen molar-refractivity contribution in [2.24, 2.45) is 0 Å². The molecule has 39 heavy (non-hydrogen) atoms. The third-order valence-corrected chi connectivity index (χ3v) is 7.43. The standard InChI is InChI=1S/C27H27ClF2N4O5/c1-4-5-6-20(36)32(3)15-9-33(10-15)25-22(28)24-21(13(2)23(25)30)26(37)16(27(38)39)11-34(24)19-8-18(31)17(29)7-14(19)12-35/h4,7-8,11,15,35H,1,5-6,9-10,12,31H2,2-3H3,(H,38,39). The average Bonchev–Trinajstić information content (AvgIpc) is 2.87. The van der Waals surface area contributed by atoms with E-state index in [0.29, 0.717) is 12.8 Å². The molecule has 1 aliphatic rings. The number of nitrogens with two attached hydrogens (primary N) is 1. The largest absolute Gasteiger partial charge is 0.477 e. The van der Waals surface area contributed by atoms with Crippen LogP contribution in [0.1, 0.15) is 34.3 Å². The number of rotatable bonds is 8. The summed E-state index contributed by atoms with van der Waals surface area (Å²) in [6.07, 6.45) is 3.48. The van der Waals surface area contributed by atoms with E-state index >= 15 is 4.39 Å². The summed E-state index contributed by atoms with van der Waals surface area (Å²) in [5, 5.41) is 19.1. The zero-order chi connectivity index (χ0) is 28.8. The molecular weight excluding hydrogens is 534 g/mol. The van der Waals surface area contributed by atoms with Gasteiger partial charge >= 0.3 is 5.97 Å².